The number of aliphatic hydroxyl groups is 1. The first-order valence-electron chi connectivity index (χ1n) is 6.12. The summed E-state index contributed by atoms with van der Waals surface area (Å²) in [7, 11) is 3.64. The molecule has 0 aliphatic carbocycles. The van der Waals surface area contributed by atoms with Gasteiger partial charge in [0.1, 0.15) is 5.75 Å². The molecule has 1 N–H and O–H groups in total. The molecule has 100 valence electrons. The molecule has 0 saturated heterocycles. The van der Waals surface area contributed by atoms with Gasteiger partial charge in [-0.3, -0.25) is 4.98 Å². The summed E-state index contributed by atoms with van der Waals surface area (Å²) in [6.07, 6.45) is 3.46. The van der Waals surface area contributed by atoms with Crippen molar-refractivity contribution in [2.75, 3.05) is 19.1 Å². The molecule has 2 rings (SSSR count). The van der Waals surface area contributed by atoms with Crippen molar-refractivity contribution in [2.45, 2.75) is 13.2 Å². The van der Waals surface area contributed by atoms with E-state index >= 15 is 0 Å². The lowest BCUT2D eigenvalue weighted by molar-refractivity contribution is 0.282. The quantitative estimate of drug-likeness (QED) is 0.893. The summed E-state index contributed by atoms with van der Waals surface area (Å²) in [4.78, 5) is 6.18. The second-order valence-corrected chi connectivity index (χ2v) is 4.37. The highest BCUT2D eigenvalue weighted by Gasteiger charge is 2.07. The van der Waals surface area contributed by atoms with E-state index in [9.17, 15) is 5.11 Å². The first-order valence-corrected chi connectivity index (χ1v) is 6.12. The first-order chi connectivity index (χ1) is 9.24. The van der Waals surface area contributed by atoms with Crippen LogP contribution in [0.4, 0.5) is 5.69 Å². The van der Waals surface area contributed by atoms with Gasteiger partial charge in [-0.25, -0.2) is 0 Å². The number of hydrogen-bond acceptors (Lipinski definition) is 4. The van der Waals surface area contributed by atoms with Crippen LogP contribution in [0.1, 0.15) is 11.1 Å². The molecule has 0 spiro atoms. The lowest BCUT2D eigenvalue weighted by atomic mass is 10.1. The Kier molecular flexibility index (Phi) is 4.36. The van der Waals surface area contributed by atoms with Crippen LogP contribution in [-0.2, 0) is 13.2 Å². The topological polar surface area (TPSA) is 45.6 Å². The third-order valence-corrected chi connectivity index (χ3v) is 3.02. The summed E-state index contributed by atoms with van der Waals surface area (Å²) >= 11 is 0. The van der Waals surface area contributed by atoms with Crippen LogP contribution < -0.4 is 9.64 Å². The molecule has 0 saturated carbocycles. The number of methoxy groups -OCH3 is 1. The standard InChI is InChI=1S/C15H18N2O2/c1-17(15-9-16-7-6-13(15)11-18)10-12-4-3-5-14(8-12)19-2/h3-9,18H,10-11H2,1-2H3. The average Bonchev–Trinajstić information content (AvgIpc) is 2.47. The lowest BCUT2D eigenvalue weighted by Gasteiger charge is -2.21. The molecule has 1 heterocycles. The fourth-order valence-corrected chi connectivity index (χ4v) is 2.02. The van der Waals surface area contributed by atoms with Gasteiger partial charge >= 0.3 is 0 Å². The molecule has 1 aromatic carbocycles. The van der Waals surface area contributed by atoms with Gasteiger partial charge < -0.3 is 14.7 Å². The van der Waals surface area contributed by atoms with Crippen LogP contribution >= 0.6 is 0 Å². The van der Waals surface area contributed by atoms with Crippen LogP contribution in [0.15, 0.2) is 42.7 Å². The Labute approximate surface area is 113 Å². The van der Waals surface area contributed by atoms with E-state index in [1.54, 1.807) is 19.5 Å². The molecule has 19 heavy (non-hydrogen) atoms. The van der Waals surface area contributed by atoms with Gasteiger partial charge in [0.15, 0.2) is 0 Å². The van der Waals surface area contributed by atoms with Crippen molar-refractivity contribution in [3.05, 3.63) is 53.9 Å². The van der Waals surface area contributed by atoms with Crippen LogP contribution in [0.5, 0.6) is 5.75 Å². The van der Waals surface area contributed by atoms with Crippen LogP contribution in [0.3, 0.4) is 0 Å². The number of anilines is 1. The van der Waals surface area contributed by atoms with Crippen LogP contribution in [0.2, 0.25) is 0 Å². The van der Waals surface area contributed by atoms with Gasteiger partial charge in [-0.2, -0.15) is 0 Å². The maximum atomic E-state index is 9.34. The summed E-state index contributed by atoms with van der Waals surface area (Å²) in [6.45, 7) is 0.746. The molecule has 4 nitrogen and oxygen atoms in total. The molecule has 0 aliphatic rings. The maximum absolute atomic E-state index is 9.34. The minimum Gasteiger partial charge on any atom is -0.497 e. The van der Waals surface area contributed by atoms with E-state index < -0.39 is 0 Å². The Morgan fingerprint density at radius 3 is 2.89 bits per heavy atom. The molecular weight excluding hydrogens is 240 g/mol. The molecule has 0 fully saturated rings. The minimum atomic E-state index is 0.0142. The van der Waals surface area contributed by atoms with Crippen molar-refractivity contribution >= 4 is 5.69 Å². The fraction of sp³-hybridized carbons (Fsp3) is 0.267. The van der Waals surface area contributed by atoms with Gasteiger partial charge in [-0.1, -0.05) is 12.1 Å². The van der Waals surface area contributed by atoms with E-state index in [1.807, 2.05) is 37.4 Å². The van der Waals surface area contributed by atoms with Crippen LogP contribution in [0.25, 0.3) is 0 Å². The van der Waals surface area contributed by atoms with Crippen LogP contribution in [0, 0.1) is 0 Å². The van der Waals surface area contributed by atoms with Gasteiger partial charge in [-0.15, -0.1) is 0 Å². The fourth-order valence-electron chi connectivity index (χ4n) is 2.02. The van der Waals surface area contributed by atoms with Gasteiger partial charge in [0.2, 0.25) is 0 Å². The zero-order chi connectivity index (χ0) is 13.7. The van der Waals surface area contributed by atoms with E-state index in [0.29, 0.717) is 0 Å². The molecule has 0 radical (unpaired) electrons. The van der Waals surface area contributed by atoms with Gasteiger partial charge in [0.25, 0.3) is 0 Å². The van der Waals surface area contributed by atoms with E-state index in [4.69, 9.17) is 4.74 Å². The number of aliphatic hydroxyl groups excluding tert-OH is 1. The zero-order valence-corrected chi connectivity index (χ0v) is 11.2. The number of benzene rings is 1. The maximum Gasteiger partial charge on any atom is 0.119 e. The molecule has 4 heteroatoms. The zero-order valence-electron chi connectivity index (χ0n) is 11.2. The summed E-state index contributed by atoms with van der Waals surface area (Å²) in [5, 5.41) is 9.34. The number of rotatable bonds is 5. The Hall–Kier alpha value is -2.07. The second-order valence-electron chi connectivity index (χ2n) is 4.37. The SMILES string of the molecule is COc1cccc(CN(C)c2cnccc2CO)c1. The largest absolute Gasteiger partial charge is 0.497 e. The molecule has 2 aromatic rings. The lowest BCUT2D eigenvalue weighted by Crippen LogP contribution is -2.18. The van der Waals surface area contributed by atoms with Gasteiger partial charge in [-0.05, 0) is 23.8 Å². The summed E-state index contributed by atoms with van der Waals surface area (Å²) in [5.74, 6) is 0.847. The summed E-state index contributed by atoms with van der Waals surface area (Å²) in [5.41, 5.74) is 2.96. The molecular formula is C15H18N2O2. The smallest absolute Gasteiger partial charge is 0.119 e. The number of aromatic nitrogens is 1. The predicted octanol–water partition coefficient (Wildman–Crippen LogP) is 2.22. The molecule has 0 unspecified atom stereocenters. The van der Waals surface area contributed by atoms with Crippen molar-refractivity contribution in [3.63, 3.8) is 0 Å². The minimum absolute atomic E-state index is 0.0142. The number of ether oxygens (including phenoxy) is 1. The van der Waals surface area contributed by atoms with Crippen LogP contribution in [-0.4, -0.2) is 24.2 Å². The molecule has 0 bridgehead atoms. The second kappa shape index (κ2) is 6.20. The van der Waals surface area contributed by atoms with Crippen molar-refractivity contribution < 1.29 is 9.84 Å². The number of pyridine rings is 1. The predicted molar refractivity (Wildman–Crippen MR) is 75.3 cm³/mol. The highest BCUT2D eigenvalue weighted by molar-refractivity contribution is 5.51. The van der Waals surface area contributed by atoms with Crippen molar-refractivity contribution in [2.24, 2.45) is 0 Å². The van der Waals surface area contributed by atoms with Crippen molar-refractivity contribution in [1.29, 1.82) is 0 Å². The van der Waals surface area contributed by atoms with Crippen molar-refractivity contribution in [1.82, 2.24) is 4.98 Å². The van der Waals surface area contributed by atoms with E-state index in [2.05, 4.69) is 9.88 Å². The van der Waals surface area contributed by atoms with E-state index in [1.165, 1.54) is 0 Å². The Bertz CT molecular complexity index is 543. The molecule has 0 atom stereocenters. The first kappa shape index (κ1) is 13.4. The van der Waals surface area contributed by atoms with Gasteiger partial charge in [0, 0.05) is 25.4 Å². The molecule has 0 aliphatic heterocycles. The monoisotopic (exact) mass is 258 g/mol. The third-order valence-electron chi connectivity index (χ3n) is 3.02. The summed E-state index contributed by atoms with van der Waals surface area (Å²) in [6, 6.07) is 9.78. The average molecular weight is 258 g/mol. The Morgan fingerprint density at radius 1 is 1.32 bits per heavy atom. The summed E-state index contributed by atoms with van der Waals surface area (Å²) < 4.78 is 5.22. The highest BCUT2D eigenvalue weighted by atomic mass is 16.5. The van der Waals surface area contributed by atoms with Gasteiger partial charge in [0.05, 0.1) is 25.6 Å². The van der Waals surface area contributed by atoms with E-state index in [-0.39, 0.29) is 6.61 Å². The van der Waals surface area contributed by atoms with Crippen molar-refractivity contribution in [3.8, 4) is 5.75 Å². The Balaban J connectivity index is 2.18. The normalized spacial score (nSPS) is 10.3. The van der Waals surface area contributed by atoms with E-state index in [0.717, 1.165) is 29.1 Å². The molecule has 1 aromatic heterocycles. The Morgan fingerprint density at radius 2 is 2.16 bits per heavy atom. The number of hydrogen-bond donors (Lipinski definition) is 1. The third kappa shape index (κ3) is 3.23. The molecule has 0 amide bonds. The highest BCUT2D eigenvalue weighted by Crippen LogP contribution is 2.21. The number of nitrogens with zero attached hydrogens (tertiary/aromatic N) is 2.